The summed E-state index contributed by atoms with van der Waals surface area (Å²) in [5, 5.41) is -0.544. The quantitative estimate of drug-likeness (QED) is 0.626. The maximum atomic E-state index is 12.3. The fourth-order valence-electron chi connectivity index (χ4n) is 2.62. The van der Waals surface area contributed by atoms with Crippen molar-refractivity contribution in [1.29, 1.82) is 0 Å². The molecule has 0 saturated carbocycles. The first-order chi connectivity index (χ1) is 9.01. The average Bonchev–Trinajstić information content (AvgIpc) is 2.67. The Hall–Kier alpha value is -1.35. The molecule has 0 bridgehead atoms. The van der Waals surface area contributed by atoms with Gasteiger partial charge in [-0.05, 0) is 44.0 Å². The third-order valence-corrected chi connectivity index (χ3v) is 3.83. The number of ketones is 1. The van der Waals surface area contributed by atoms with Crippen molar-refractivity contribution in [2.24, 2.45) is 0 Å². The van der Waals surface area contributed by atoms with Crippen molar-refractivity contribution in [1.82, 2.24) is 0 Å². The average molecular weight is 280 g/mol. The van der Waals surface area contributed by atoms with Crippen molar-refractivity contribution in [3.8, 4) is 0 Å². The molecule has 19 heavy (non-hydrogen) atoms. The second-order valence-electron chi connectivity index (χ2n) is 4.80. The normalized spacial score (nSPS) is 19.5. The van der Waals surface area contributed by atoms with Crippen LogP contribution in [0.3, 0.4) is 0 Å². The zero-order chi connectivity index (χ0) is 14.2. The molecule has 1 amide bonds. The number of likely N-dealkylation sites (N-methyl/N-ethyl adjacent to an activating group) is 1. The molecule has 0 aromatic heterocycles. The summed E-state index contributed by atoms with van der Waals surface area (Å²) in [6, 6.07) is 5.45. The number of Topliss-reactive ketones (excluding diaryl/α,β-unsaturated/α-hetero) is 1. The van der Waals surface area contributed by atoms with Crippen LogP contribution in [0.1, 0.15) is 49.0 Å². The lowest BCUT2D eigenvalue weighted by molar-refractivity contribution is -0.119. The van der Waals surface area contributed by atoms with Gasteiger partial charge in [0.05, 0.1) is 11.3 Å². The number of anilines is 1. The van der Waals surface area contributed by atoms with Crippen LogP contribution < -0.4 is 4.90 Å². The van der Waals surface area contributed by atoms with Crippen LogP contribution in [0.5, 0.6) is 0 Å². The Morgan fingerprint density at radius 2 is 2.11 bits per heavy atom. The van der Waals surface area contributed by atoms with Gasteiger partial charge in [-0.1, -0.05) is 6.92 Å². The van der Waals surface area contributed by atoms with Gasteiger partial charge < -0.3 is 4.90 Å². The zero-order valence-corrected chi connectivity index (χ0v) is 12.2. The number of carbonyl (C=O) groups excluding carboxylic acids is 2. The highest BCUT2D eigenvalue weighted by atomic mass is 35.5. The molecule has 102 valence electrons. The number of benzene rings is 1. The molecule has 0 fully saturated rings. The molecule has 1 aromatic carbocycles. The highest BCUT2D eigenvalue weighted by molar-refractivity contribution is 6.33. The van der Waals surface area contributed by atoms with Gasteiger partial charge >= 0.3 is 0 Å². The molecule has 2 atom stereocenters. The van der Waals surface area contributed by atoms with E-state index in [0.29, 0.717) is 12.1 Å². The Kier molecular flexibility index (Phi) is 3.95. The second kappa shape index (κ2) is 5.33. The molecule has 0 N–H and O–H groups in total. The first-order valence-electron chi connectivity index (χ1n) is 6.64. The number of amides is 1. The fraction of sp³-hybridized carbons (Fsp3) is 0.467. The van der Waals surface area contributed by atoms with E-state index in [2.05, 4.69) is 0 Å². The van der Waals surface area contributed by atoms with Crippen molar-refractivity contribution in [3.63, 3.8) is 0 Å². The lowest BCUT2D eigenvalue weighted by Crippen LogP contribution is -2.28. The number of carbonyl (C=O) groups is 2. The van der Waals surface area contributed by atoms with Crippen molar-refractivity contribution in [3.05, 3.63) is 29.3 Å². The molecule has 1 aliphatic rings. The SMILES string of the molecule is CCC1C(=O)N(CC)c2ccc(C(=O)C(C)Cl)cc21. The lowest BCUT2D eigenvalue weighted by Gasteiger charge is -2.15. The molecule has 4 heteroatoms. The minimum Gasteiger partial charge on any atom is -0.312 e. The van der Waals surface area contributed by atoms with E-state index in [4.69, 9.17) is 11.6 Å². The Morgan fingerprint density at radius 3 is 2.63 bits per heavy atom. The number of halogens is 1. The van der Waals surface area contributed by atoms with Crippen LogP contribution in [0.2, 0.25) is 0 Å². The summed E-state index contributed by atoms with van der Waals surface area (Å²) < 4.78 is 0. The maximum absolute atomic E-state index is 12.3. The standard InChI is InChI=1S/C15H18ClNO2/c1-4-11-12-8-10(14(18)9(3)16)6-7-13(12)17(5-2)15(11)19/h6-9,11H,4-5H2,1-3H3. The number of nitrogens with zero attached hydrogens (tertiary/aromatic N) is 1. The van der Waals surface area contributed by atoms with Gasteiger partial charge in [0, 0.05) is 17.8 Å². The molecule has 2 unspecified atom stereocenters. The minimum absolute atomic E-state index is 0.0956. The molecule has 0 radical (unpaired) electrons. The third kappa shape index (κ3) is 2.27. The van der Waals surface area contributed by atoms with E-state index in [9.17, 15) is 9.59 Å². The molecule has 0 aliphatic carbocycles. The number of hydrogen-bond donors (Lipinski definition) is 0. The number of alkyl halides is 1. The molecule has 1 aromatic rings. The van der Waals surface area contributed by atoms with Crippen molar-refractivity contribution in [2.45, 2.75) is 38.5 Å². The largest absolute Gasteiger partial charge is 0.312 e. The predicted octanol–water partition coefficient (Wildman–Crippen LogP) is 3.36. The van der Waals surface area contributed by atoms with Gasteiger partial charge in [-0.15, -0.1) is 11.6 Å². The van der Waals surface area contributed by atoms with Crippen LogP contribution in [-0.4, -0.2) is 23.6 Å². The lowest BCUT2D eigenvalue weighted by atomic mass is 9.95. The van der Waals surface area contributed by atoms with E-state index in [-0.39, 0.29) is 17.6 Å². The van der Waals surface area contributed by atoms with Gasteiger partial charge in [0.25, 0.3) is 0 Å². The molecular formula is C15H18ClNO2. The Morgan fingerprint density at radius 1 is 1.42 bits per heavy atom. The summed E-state index contributed by atoms with van der Waals surface area (Å²) in [4.78, 5) is 26.0. The fourth-order valence-corrected chi connectivity index (χ4v) is 2.75. The van der Waals surface area contributed by atoms with E-state index < -0.39 is 5.38 Å². The molecule has 1 heterocycles. The Labute approximate surface area is 118 Å². The Bertz CT molecular complexity index is 525. The van der Waals surface area contributed by atoms with E-state index in [1.165, 1.54) is 0 Å². The summed E-state index contributed by atoms with van der Waals surface area (Å²) in [6.07, 6.45) is 0.746. The number of fused-ring (bicyclic) bond motifs is 1. The van der Waals surface area contributed by atoms with Crippen LogP contribution in [0.4, 0.5) is 5.69 Å². The summed E-state index contributed by atoms with van der Waals surface area (Å²) in [7, 11) is 0. The molecule has 0 spiro atoms. The molecule has 1 aliphatic heterocycles. The number of hydrogen-bond acceptors (Lipinski definition) is 2. The van der Waals surface area contributed by atoms with Gasteiger partial charge in [0.1, 0.15) is 0 Å². The smallest absolute Gasteiger partial charge is 0.234 e. The van der Waals surface area contributed by atoms with E-state index in [1.807, 2.05) is 26.0 Å². The maximum Gasteiger partial charge on any atom is 0.234 e. The monoisotopic (exact) mass is 279 g/mol. The van der Waals surface area contributed by atoms with Crippen molar-refractivity contribution >= 4 is 29.0 Å². The summed E-state index contributed by atoms with van der Waals surface area (Å²) in [6.45, 7) is 6.27. The zero-order valence-electron chi connectivity index (χ0n) is 11.4. The van der Waals surface area contributed by atoms with Crippen LogP contribution in [0.25, 0.3) is 0 Å². The first kappa shape index (κ1) is 14.1. The summed E-state index contributed by atoms with van der Waals surface area (Å²) >= 11 is 5.84. The highest BCUT2D eigenvalue weighted by Gasteiger charge is 2.35. The van der Waals surface area contributed by atoms with Gasteiger partial charge in [0.2, 0.25) is 5.91 Å². The van der Waals surface area contributed by atoms with Crippen molar-refractivity contribution in [2.75, 3.05) is 11.4 Å². The Balaban J connectivity index is 2.48. The molecule has 0 saturated heterocycles. The van der Waals surface area contributed by atoms with E-state index in [0.717, 1.165) is 17.7 Å². The van der Waals surface area contributed by atoms with Crippen LogP contribution in [0.15, 0.2) is 18.2 Å². The molecular weight excluding hydrogens is 262 g/mol. The van der Waals surface area contributed by atoms with Gasteiger partial charge in [-0.3, -0.25) is 9.59 Å². The van der Waals surface area contributed by atoms with E-state index >= 15 is 0 Å². The minimum atomic E-state index is -0.544. The van der Waals surface area contributed by atoms with Crippen molar-refractivity contribution < 1.29 is 9.59 Å². The van der Waals surface area contributed by atoms with E-state index in [1.54, 1.807) is 17.9 Å². The van der Waals surface area contributed by atoms with Gasteiger partial charge in [-0.25, -0.2) is 0 Å². The van der Waals surface area contributed by atoms with Crippen LogP contribution in [-0.2, 0) is 4.79 Å². The summed E-state index contributed by atoms with van der Waals surface area (Å²) in [5.41, 5.74) is 2.47. The second-order valence-corrected chi connectivity index (χ2v) is 5.45. The van der Waals surface area contributed by atoms with Gasteiger partial charge in [-0.2, -0.15) is 0 Å². The van der Waals surface area contributed by atoms with Crippen LogP contribution in [0, 0.1) is 0 Å². The molecule has 2 rings (SSSR count). The topological polar surface area (TPSA) is 37.4 Å². The number of rotatable bonds is 4. The first-order valence-corrected chi connectivity index (χ1v) is 7.08. The van der Waals surface area contributed by atoms with Gasteiger partial charge in [0.15, 0.2) is 5.78 Å². The third-order valence-electron chi connectivity index (χ3n) is 3.63. The van der Waals surface area contributed by atoms with Crippen LogP contribution >= 0.6 is 11.6 Å². The predicted molar refractivity (Wildman–Crippen MR) is 77.1 cm³/mol. The highest BCUT2D eigenvalue weighted by Crippen LogP contribution is 2.39. The molecule has 3 nitrogen and oxygen atoms in total. The summed E-state index contributed by atoms with van der Waals surface area (Å²) in [5.74, 6) is -0.0985.